The Hall–Kier alpha value is -1.76. The summed E-state index contributed by atoms with van der Waals surface area (Å²) < 4.78 is 39.6. The first-order chi connectivity index (χ1) is 9.26. The molecule has 1 amide bonds. The van der Waals surface area contributed by atoms with Crippen LogP contribution in [0.5, 0.6) is 5.75 Å². The first-order valence-corrected chi connectivity index (χ1v) is 6.06. The van der Waals surface area contributed by atoms with Crippen molar-refractivity contribution in [2.75, 3.05) is 0 Å². The molecular formula is C13H16F3NO3. The van der Waals surface area contributed by atoms with Gasteiger partial charge in [-0.25, -0.2) is 0 Å². The summed E-state index contributed by atoms with van der Waals surface area (Å²) >= 11 is 0. The number of rotatable bonds is 6. The molecule has 20 heavy (non-hydrogen) atoms. The largest absolute Gasteiger partial charge is 0.573 e. The van der Waals surface area contributed by atoms with E-state index in [4.69, 9.17) is 5.11 Å². The zero-order chi connectivity index (χ0) is 15.2. The third kappa shape index (κ3) is 6.98. The number of nitrogens with one attached hydrogen (secondary N) is 1. The highest BCUT2D eigenvalue weighted by molar-refractivity contribution is 5.75. The maximum absolute atomic E-state index is 11.9. The van der Waals surface area contributed by atoms with E-state index < -0.39 is 12.5 Å². The maximum Gasteiger partial charge on any atom is 0.573 e. The minimum Gasteiger partial charge on any atom is -0.406 e. The normalized spacial score (nSPS) is 12.8. The van der Waals surface area contributed by atoms with Gasteiger partial charge in [0, 0.05) is 13.0 Å². The van der Waals surface area contributed by atoms with Gasteiger partial charge in [-0.05, 0) is 31.0 Å². The molecule has 0 spiro atoms. The van der Waals surface area contributed by atoms with E-state index >= 15 is 0 Å². The summed E-state index contributed by atoms with van der Waals surface area (Å²) in [6.07, 6.45) is -4.69. The summed E-state index contributed by atoms with van der Waals surface area (Å²) in [5, 5.41) is 11.6. The van der Waals surface area contributed by atoms with Crippen molar-refractivity contribution in [3.8, 4) is 5.75 Å². The van der Waals surface area contributed by atoms with Crippen LogP contribution in [0.2, 0.25) is 0 Å². The van der Waals surface area contributed by atoms with E-state index in [0.29, 0.717) is 12.0 Å². The van der Waals surface area contributed by atoms with E-state index in [9.17, 15) is 18.0 Å². The van der Waals surface area contributed by atoms with Crippen LogP contribution in [0.15, 0.2) is 24.3 Å². The molecule has 0 aliphatic rings. The van der Waals surface area contributed by atoms with E-state index in [1.165, 1.54) is 24.3 Å². The number of amides is 1. The van der Waals surface area contributed by atoms with E-state index in [1.54, 1.807) is 6.92 Å². The predicted molar refractivity (Wildman–Crippen MR) is 65.9 cm³/mol. The van der Waals surface area contributed by atoms with Gasteiger partial charge in [0.15, 0.2) is 0 Å². The van der Waals surface area contributed by atoms with Gasteiger partial charge >= 0.3 is 6.36 Å². The molecule has 1 unspecified atom stereocenters. The number of aliphatic hydroxyl groups excluding tert-OH is 1. The van der Waals surface area contributed by atoms with E-state index in [0.717, 1.165) is 0 Å². The molecule has 112 valence electrons. The quantitative estimate of drug-likeness (QED) is 0.846. The Morgan fingerprint density at radius 1 is 1.35 bits per heavy atom. The molecule has 2 N–H and O–H groups in total. The van der Waals surface area contributed by atoms with Crippen LogP contribution in [-0.4, -0.2) is 23.5 Å². The van der Waals surface area contributed by atoms with Gasteiger partial charge in [0.1, 0.15) is 5.75 Å². The predicted octanol–water partition coefficient (Wildman–Crippen LogP) is 2.36. The fourth-order valence-electron chi connectivity index (χ4n) is 1.44. The summed E-state index contributed by atoms with van der Waals surface area (Å²) in [7, 11) is 0. The van der Waals surface area contributed by atoms with Crippen molar-refractivity contribution >= 4 is 5.91 Å². The number of halogens is 3. The van der Waals surface area contributed by atoms with Crippen LogP contribution in [-0.2, 0) is 11.3 Å². The second kappa shape index (κ2) is 7.14. The molecule has 0 radical (unpaired) electrons. The lowest BCUT2D eigenvalue weighted by atomic mass is 10.2. The lowest BCUT2D eigenvalue weighted by Crippen LogP contribution is -2.23. The second-order valence-corrected chi connectivity index (χ2v) is 4.36. The molecule has 0 saturated carbocycles. The Labute approximate surface area is 114 Å². The van der Waals surface area contributed by atoms with Crippen LogP contribution in [0.3, 0.4) is 0 Å². The van der Waals surface area contributed by atoms with Crippen molar-refractivity contribution in [3.05, 3.63) is 29.8 Å². The molecule has 0 fully saturated rings. The number of hydrogen-bond acceptors (Lipinski definition) is 3. The fourth-order valence-corrected chi connectivity index (χ4v) is 1.44. The number of benzene rings is 1. The van der Waals surface area contributed by atoms with Crippen molar-refractivity contribution < 1.29 is 27.8 Å². The molecule has 1 aromatic carbocycles. The van der Waals surface area contributed by atoms with E-state index in [-0.39, 0.29) is 24.6 Å². The highest BCUT2D eigenvalue weighted by Crippen LogP contribution is 2.22. The molecule has 0 bridgehead atoms. The van der Waals surface area contributed by atoms with Crippen LogP contribution >= 0.6 is 0 Å². The number of hydrogen-bond donors (Lipinski definition) is 2. The SMILES string of the molecule is CC(O)CCC(=O)NCc1ccc(OC(F)(F)F)cc1. The number of aliphatic hydroxyl groups is 1. The summed E-state index contributed by atoms with van der Waals surface area (Å²) in [6, 6.07) is 5.25. The van der Waals surface area contributed by atoms with Crippen LogP contribution in [0.1, 0.15) is 25.3 Å². The number of ether oxygens (including phenoxy) is 1. The van der Waals surface area contributed by atoms with Gasteiger partial charge in [0.25, 0.3) is 0 Å². The maximum atomic E-state index is 11.9. The highest BCUT2D eigenvalue weighted by Gasteiger charge is 2.30. The molecule has 0 heterocycles. The first-order valence-electron chi connectivity index (χ1n) is 6.06. The average Bonchev–Trinajstić information content (AvgIpc) is 2.33. The molecule has 0 aromatic heterocycles. The van der Waals surface area contributed by atoms with Crippen molar-refractivity contribution in [2.45, 2.75) is 38.8 Å². The molecule has 0 aliphatic heterocycles. The second-order valence-electron chi connectivity index (χ2n) is 4.36. The van der Waals surface area contributed by atoms with Gasteiger partial charge in [-0.2, -0.15) is 0 Å². The summed E-state index contributed by atoms with van der Waals surface area (Å²) in [5.41, 5.74) is 0.657. The smallest absolute Gasteiger partial charge is 0.406 e. The summed E-state index contributed by atoms with van der Waals surface area (Å²) in [5.74, 6) is -0.525. The standard InChI is InChI=1S/C13H16F3NO3/c1-9(18)2-7-12(19)17-8-10-3-5-11(6-4-10)20-13(14,15)16/h3-6,9,18H,2,7-8H2,1H3,(H,17,19). The number of alkyl halides is 3. The summed E-state index contributed by atoms with van der Waals surface area (Å²) in [4.78, 5) is 11.4. The van der Waals surface area contributed by atoms with Gasteiger partial charge < -0.3 is 15.2 Å². The number of carbonyl (C=O) groups excluding carboxylic acids is 1. The van der Waals surface area contributed by atoms with Crippen molar-refractivity contribution in [2.24, 2.45) is 0 Å². The molecule has 4 nitrogen and oxygen atoms in total. The van der Waals surface area contributed by atoms with Gasteiger partial charge in [-0.15, -0.1) is 13.2 Å². The van der Waals surface area contributed by atoms with Gasteiger partial charge in [0.05, 0.1) is 6.10 Å². The van der Waals surface area contributed by atoms with Crippen molar-refractivity contribution in [3.63, 3.8) is 0 Å². The molecule has 1 atom stereocenters. The lowest BCUT2D eigenvalue weighted by Gasteiger charge is -2.10. The third-order valence-corrected chi connectivity index (χ3v) is 2.44. The van der Waals surface area contributed by atoms with E-state index in [1.807, 2.05) is 0 Å². The molecule has 1 rings (SSSR count). The van der Waals surface area contributed by atoms with Gasteiger partial charge in [-0.3, -0.25) is 4.79 Å². The van der Waals surface area contributed by atoms with Crippen molar-refractivity contribution in [1.29, 1.82) is 0 Å². The lowest BCUT2D eigenvalue weighted by molar-refractivity contribution is -0.274. The van der Waals surface area contributed by atoms with E-state index in [2.05, 4.69) is 10.1 Å². The highest BCUT2D eigenvalue weighted by atomic mass is 19.4. The number of carbonyl (C=O) groups is 1. The van der Waals surface area contributed by atoms with Crippen LogP contribution in [0, 0.1) is 0 Å². The third-order valence-electron chi connectivity index (χ3n) is 2.44. The molecule has 0 saturated heterocycles. The molecular weight excluding hydrogens is 275 g/mol. The minimum absolute atomic E-state index is 0.201. The Morgan fingerprint density at radius 3 is 2.45 bits per heavy atom. The first kappa shape index (κ1) is 16.3. The average molecular weight is 291 g/mol. The zero-order valence-electron chi connectivity index (χ0n) is 10.9. The minimum atomic E-state index is -4.71. The zero-order valence-corrected chi connectivity index (χ0v) is 10.9. The molecule has 1 aromatic rings. The Kier molecular flexibility index (Phi) is 5.82. The van der Waals surface area contributed by atoms with Crippen LogP contribution in [0.4, 0.5) is 13.2 Å². The Morgan fingerprint density at radius 2 is 1.95 bits per heavy atom. The topological polar surface area (TPSA) is 58.6 Å². The molecule has 7 heteroatoms. The van der Waals surface area contributed by atoms with Crippen LogP contribution in [0.25, 0.3) is 0 Å². The summed E-state index contributed by atoms with van der Waals surface area (Å²) in [6.45, 7) is 1.80. The Bertz CT molecular complexity index is 429. The van der Waals surface area contributed by atoms with Crippen LogP contribution < -0.4 is 10.1 Å². The monoisotopic (exact) mass is 291 g/mol. The van der Waals surface area contributed by atoms with Gasteiger partial charge in [0.2, 0.25) is 5.91 Å². The van der Waals surface area contributed by atoms with Crippen molar-refractivity contribution in [1.82, 2.24) is 5.32 Å². The molecule has 0 aliphatic carbocycles. The fraction of sp³-hybridized carbons (Fsp3) is 0.462. The van der Waals surface area contributed by atoms with Gasteiger partial charge in [-0.1, -0.05) is 12.1 Å². The Balaban J connectivity index is 2.40.